The molecule has 0 bridgehead atoms. The van der Waals surface area contributed by atoms with Crippen LogP contribution in [0, 0.1) is 10.1 Å². The first-order chi connectivity index (χ1) is 7.74. The first-order valence-corrected chi connectivity index (χ1v) is 5.38. The topological polar surface area (TPSA) is 81.2 Å². The van der Waals surface area contributed by atoms with Gasteiger partial charge in [0.05, 0.1) is 4.92 Å². The highest BCUT2D eigenvalue weighted by molar-refractivity contribution is 5.34. The molecule has 0 aliphatic carbocycles. The lowest BCUT2D eigenvalue weighted by Crippen LogP contribution is -2.15. The van der Waals surface area contributed by atoms with E-state index >= 15 is 0 Å². The molecule has 0 heterocycles. The van der Waals surface area contributed by atoms with Crippen LogP contribution in [0.3, 0.4) is 0 Å². The van der Waals surface area contributed by atoms with Gasteiger partial charge in [0.1, 0.15) is 0 Å². The quantitative estimate of drug-likeness (QED) is 0.416. The number of nitrogens with two attached hydrogens (primary N) is 1. The normalized spacial score (nSPS) is 10.3. The number of nitrogens with one attached hydrogen (secondary N) is 1. The van der Waals surface area contributed by atoms with Crippen molar-refractivity contribution in [3.8, 4) is 0 Å². The average molecular weight is 223 g/mol. The molecule has 0 unspecified atom stereocenters. The highest BCUT2D eigenvalue weighted by Crippen LogP contribution is 2.12. The van der Waals surface area contributed by atoms with E-state index in [1.807, 2.05) is 6.07 Å². The summed E-state index contributed by atoms with van der Waals surface area (Å²) < 4.78 is 0. The van der Waals surface area contributed by atoms with Gasteiger partial charge in [0.2, 0.25) is 0 Å². The zero-order valence-electron chi connectivity index (χ0n) is 9.19. The van der Waals surface area contributed by atoms with Gasteiger partial charge in [-0.25, -0.2) is 0 Å². The number of benzene rings is 1. The van der Waals surface area contributed by atoms with E-state index < -0.39 is 0 Å². The van der Waals surface area contributed by atoms with Gasteiger partial charge in [-0.2, -0.15) is 0 Å². The van der Waals surface area contributed by atoms with Crippen LogP contribution in [0.15, 0.2) is 24.3 Å². The molecule has 5 nitrogen and oxygen atoms in total. The van der Waals surface area contributed by atoms with Crippen LogP contribution in [0.1, 0.15) is 18.4 Å². The molecule has 1 aromatic rings. The van der Waals surface area contributed by atoms with Gasteiger partial charge in [-0.05, 0) is 31.5 Å². The van der Waals surface area contributed by atoms with Crippen molar-refractivity contribution in [1.82, 2.24) is 5.32 Å². The molecule has 88 valence electrons. The van der Waals surface area contributed by atoms with E-state index in [0.717, 1.165) is 24.9 Å². The summed E-state index contributed by atoms with van der Waals surface area (Å²) in [5.41, 5.74) is 6.44. The molecule has 1 rings (SSSR count). The summed E-state index contributed by atoms with van der Waals surface area (Å²) in [4.78, 5) is 10.2. The number of hydrogen-bond acceptors (Lipinski definition) is 4. The highest BCUT2D eigenvalue weighted by Gasteiger charge is 2.04. The molecular formula is C11H17N3O2. The average Bonchev–Trinajstić information content (AvgIpc) is 2.29. The van der Waals surface area contributed by atoms with Gasteiger partial charge < -0.3 is 11.1 Å². The third kappa shape index (κ3) is 4.37. The monoisotopic (exact) mass is 223 g/mol. The van der Waals surface area contributed by atoms with E-state index in [-0.39, 0.29) is 10.6 Å². The van der Waals surface area contributed by atoms with Crippen molar-refractivity contribution in [2.45, 2.75) is 19.4 Å². The number of unbranched alkanes of at least 4 members (excludes halogenated alkanes) is 1. The standard InChI is InChI=1S/C11H17N3O2/c12-6-1-2-7-13-9-10-4-3-5-11(8-10)14(15)16/h3-5,8,13H,1-2,6-7,9,12H2. The molecule has 0 fully saturated rings. The lowest BCUT2D eigenvalue weighted by molar-refractivity contribution is -0.384. The zero-order valence-corrected chi connectivity index (χ0v) is 9.19. The Balaban J connectivity index is 2.36. The van der Waals surface area contributed by atoms with Crippen LogP contribution in [-0.2, 0) is 6.54 Å². The molecule has 0 radical (unpaired) electrons. The van der Waals surface area contributed by atoms with Crippen molar-refractivity contribution >= 4 is 5.69 Å². The second-order valence-corrected chi connectivity index (χ2v) is 3.60. The summed E-state index contributed by atoms with van der Waals surface area (Å²) in [6.07, 6.45) is 2.04. The second kappa shape index (κ2) is 6.92. The van der Waals surface area contributed by atoms with E-state index in [9.17, 15) is 10.1 Å². The first kappa shape index (κ1) is 12.6. The van der Waals surface area contributed by atoms with E-state index in [1.54, 1.807) is 12.1 Å². The molecule has 1 aromatic carbocycles. The minimum absolute atomic E-state index is 0.140. The second-order valence-electron chi connectivity index (χ2n) is 3.60. The SMILES string of the molecule is NCCCCNCc1cccc([N+](=O)[O-])c1. The molecule has 0 aliphatic heterocycles. The fourth-order valence-electron chi connectivity index (χ4n) is 1.41. The van der Waals surface area contributed by atoms with Gasteiger partial charge in [-0.15, -0.1) is 0 Å². The van der Waals surface area contributed by atoms with E-state index in [0.29, 0.717) is 13.1 Å². The van der Waals surface area contributed by atoms with Crippen LogP contribution in [0.5, 0.6) is 0 Å². The molecule has 0 aromatic heterocycles. The fraction of sp³-hybridized carbons (Fsp3) is 0.455. The zero-order chi connectivity index (χ0) is 11.8. The molecule has 0 saturated carbocycles. The van der Waals surface area contributed by atoms with E-state index in [4.69, 9.17) is 5.73 Å². The smallest absolute Gasteiger partial charge is 0.269 e. The van der Waals surface area contributed by atoms with Crippen LogP contribution in [0.2, 0.25) is 0 Å². The molecule has 0 aliphatic rings. The Morgan fingerprint density at radius 3 is 2.88 bits per heavy atom. The molecular weight excluding hydrogens is 206 g/mol. The van der Waals surface area contributed by atoms with E-state index in [1.165, 1.54) is 6.07 Å². The van der Waals surface area contributed by atoms with Crippen molar-refractivity contribution in [3.05, 3.63) is 39.9 Å². The van der Waals surface area contributed by atoms with Crippen molar-refractivity contribution in [2.24, 2.45) is 5.73 Å². The summed E-state index contributed by atoms with van der Waals surface area (Å²) in [6.45, 7) is 2.25. The minimum atomic E-state index is -0.377. The summed E-state index contributed by atoms with van der Waals surface area (Å²) in [5, 5.41) is 13.8. The Kier molecular flexibility index (Phi) is 5.45. The Hall–Kier alpha value is -1.46. The summed E-state index contributed by atoms with van der Waals surface area (Å²) in [5.74, 6) is 0. The Labute approximate surface area is 94.8 Å². The van der Waals surface area contributed by atoms with Gasteiger partial charge in [0.25, 0.3) is 5.69 Å². The van der Waals surface area contributed by atoms with Crippen LogP contribution < -0.4 is 11.1 Å². The number of rotatable bonds is 7. The predicted octanol–water partition coefficient (Wildman–Crippen LogP) is 1.42. The van der Waals surface area contributed by atoms with Crippen molar-refractivity contribution in [3.63, 3.8) is 0 Å². The molecule has 5 heteroatoms. The Morgan fingerprint density at radius 1 is 1.38 bits per heavy atom. The van der Waals surface area contributed by atoms with Crippen molar-refractivity contribution in [1.29, 1.82) is 0 Å². The maximum absolute atomic E-state index is 10.5. The van der Waals surface area contributed by atoms with Crippen LogP contribution >= 0.6 is 0 Å². The van der Waals surface area contributed by atoms with E-state index in [2.05, 4.69) is 5.32 Å². The number of non-ortho nitro benzene ring substituents is 1. The molecule has 3 N–H and O–H groups in total. The van der Waals surface area contributed by atoms with Gasteiger partial charge in [-0.1, -0.05) is 12.1 Å². The van der Waals surface area contributed by atoms with Crippen LogP contribution in [0.4, 0.5) is 5.69 Å². The van der Waals surface area contributed by atoms with Crippen LogP contribution in [0.25, 0.3) is 0 Å². The number of nitro benzene ring substituents is 1. The van der Waals surface area contributed by atoms with Crippen molar-refractivity contribution in [2.75, 3.05) is 13.1 Å². The summed E-state index contributed by atoms with van der Waals surface area (Å²) >= 11 is 0. The maximum atomic E-state index is 10.5. The van der Waals surface area contributed by atoms with Gasteiger partial charge in [0.15, 0.2) is 0 Å². The third-order valence-corrected chi connectivity index (χ3v) is 2.26. The lowest BCUT2D eigenvalue weighted by atomic mass is 10.2. The van der Waals surface area contributed by atoms with Gasteiger partial charge in [0, 0.05) is 18.7 Å². The molecule has 0 saturated heterocycles. The maximum Gasteiger partial charge on any atom is 0.269 e. The highest BCUT2D eigenvalue weighted by atomic mass is 16.6. The Morgan fingerprint density at radius 2 is 2.19 bits per heavy atom. The number of nitro groups is 1. The lowest BCUT2D eigenvalue weighted by Gasteiger charge is -2.04. The van der Waals surface area contributed by atoms with Gasteiger partial charge >= 0.3 is 0 Å². The minimum Gasteiger partial charge on any atom is -0.330 e. The third-order valence-electron chi connectivity index (χ3n) is 2.26. The largest absolute Gasteiger partial charge is 0.330 e. The first-order valence-electron chi connectivity index (χ1n) is 5.38. The van der Waals surface area contributed by atoms with Gasteiger partial charge in [-0.3, -0.25) is 10.1 Å². The fourth-order valence-corrected chi connectivity index (χ4v) is 1.41. The molecule has 0 atom stereocenters. The number of nitrogens with zero attached hydrogens (tertiary/aromatic N) is 1. The Bertz CT molecular complexity index is 342. The molecule has 0 spiro atoms. The molecule has 0 amide bonds. The van der Waals surface area contributed by atoms with Crippen molar-refractivity contribution < 1.29 is 4.92 Å². The number of hydrogen-bond donors (Lipinski definition) is 2. The summed E-state index contributed by atoms with van der Waals surface area (Å²) in [7, 11) is 0. The predicted molar refractivity (Wildman–Crippen MR) is 63.1 cm³/mol. The van der Waals surface area contributed by atoms with Crippen LogP contribution in [-0.4, -0.2) is 18.0 Å². The summed E-state index contributed by atoms with van der Waals surface area (Å²) in [6, 6.07) is 6.67. The molecule has 16 heavy (non-hydrogen) atoms.